The molecule has 1 unspecified atom stereocenters. The Balaban J connectivity index is 1.71. The number of likely N-dealkylation sites (tertiary alicyclic amines) is 1. The van der Waals surface area contributed by atoms with Crippen molar-refractivity contribution in [2.45, 2.75) is 37.8 Å². The van der Waals surface area contributed by atoms with Gasteiger partial charge >= 0.3 is 0 Å². The van der Waals surface area contributed by atoms with E-state index in [0.717, 1.165) is 25.9 Å². The largest absolute Gasteiger partial charge is 0.382 e. The summed E-state index contributed by atoms with van der Waals surface area (Å²) < 4.78 is 0. The Morgan fingerprint density at radius 1 is 1.43 bits per heavy atom. The van der Waals surface area contributed by atoms with Gasteiger partial charge in [-0.25, -0.2) is 0 Å². The summed E-state index contributed by atoms with van der Waals surface area (Å²) in [5.41, 5.74) is 0. The second-order valence-electron chi connectivity index (χ2n) is 4.23. The van der Waals surface area contributed by atoms with Crippen molar-refractivity contribution in [1.29, 1.82) is 0 Å². The lowest BCUT2D eigenvalue weighted by Crippen LogP contribution is -2.43. The number of hydrogen-bond acceptors (Lipinski definition) is 3. The summed E-state index contributed by atoms with van der Waals surface area (Å²) in [5.74, 6) is -0.101. The Hall–Kier alpha value is -0.610. The number of carbonyl (C=O) groups excluding carboxylic acids is 1. The van der Waals surface area contributed by atoms with E-state index in [0.29, 0.717) is 12.6 Å². The Kier molecular flexibility index (Phi) is 3.03. The van der Waals surface area contributed by atoms with Crippen LogP contribution in [0.1, 0.15) is 25.7 Å². The highest BCUT2D eigenvalue weighted by Crippen LogP contribution is 2.18. The molecule has 2 aliphatic rings. The van der Waals surface area contributed by atoms with Gasteiger partial charge in [0.15, 0.2) is 0 Å². The first kappa shape index (κ1) is 9.93. The van der Waals surface area contributed by atoms with E-state index < -0.39 is 6.10 Å². The number of nitrogens with one attached hydrogen (secondary N) is 1. The van der Waals surface area contributed by atoms with E-state index >= 15 is 0 Å². The molecule has 4 nitrogen and oxygen atoms in total. The van der Waals surface area contributed by atoms with Crippen LogP contribution in [0, 0.1) is 0 Å². The monoisotopic (exact) mass is 198 g/mol. The molecule has 4 heteroatoms. The van der Waals surface area contributed by atoms with Gasteiger partial charge in [-0.05, 0) is 25.7 Å². The number of aliphatic hydroxyl groups excluding tert-OH is 1. The van der Waals surface area contributed by atoms with Crippen LogP contribution in [0.25, 0.3) is 0 Å². The lowest BCUT2D eigenvalue weighted by atomic mass is 10.3. The molecule has 2 rings (SSSR count). The first-order valence-electron chi connectivity index (χ1n) is 5.47. The molecule has 14 heavy (non-hydrogen) atoms. The van der Waals surface area contributed by atoms with Crippen molar-refractivity contribution >= 4 is 5.91 Å². The summed E-state index contributed by atoms with van der Waals surface area (Å²) in [6.45, 7) is 2.05. The first-order chi connectivity index (χ1) is 6.77. The zero-order chi connectivity index (χ0) is 9.97. The highest BCUT2D eigenvalue weighted by molar-refractivity contribution is 5.81. The van der Waals surface area contributed by atoms with E-state index in [1.54, 1.807) is 4.90 Å². The number of hydrogen-bond donors (Lipinski definition) is 2. The molecule has 0 radical (unpaired) electrons. The zero-order valence-electron chi connectivity index (χ0n) is 8.41. The third-order valence-electron chi connectivity index (χ3n) is 2.88. The van der Waals surface area contributed by atoms with Crippen LogP contribution in [0.15, 0.2) is 0 Å². The highest BCUT2D eigenvalue weighted by atomic mass is 16.3. The van der Waals surface area contributed by atoms with Crippen molar-refractivity contribution in [2.75, 3.05) is 19.6 Å². The molecule has 1 aliphatic carbocycles. The minimum absolute atomic E-state index is 0.101. The minimum Gasteiger partial charge on any atom is -0.382 e. The standard InChI is InChI=1S/C10H18N2O2/c13-9(7-11-8-3-4-8)10(14)12-5-1-2-6-12/h8-9,11,13H,1-7H2. The average molecular weight is 198 g/mol. The molecule has 0 aromatic rings. The van der Waals surface area contributed by atoms with Crippen molar-refractivity contribution in [1.82, 2.24) is 10.2 Å². The zero-order valence-corrected chi connectivity index (χ0v) is 8.41. The lowest BCUT2D eigenvalue weighted by molar-refractivity contribution is -0.138. The molecule has 0 aromatic carbocycles. The normalized spacial score (nSPS) is 23.9. The predicted molar refractivity (Wildman–Crippen MR) is 52.8 cm³/mol. The topological polar surface area (TPSA) is 52.6 Å². The molecule has 0 bridgehead atoms. The molecule has 2 fully saturated rings. The van der Waals surface area contributed by atoms with Crippen molar-refractivity contribution < 1.29 is 9.90 Å². The van der Waals surface area contributed by atoms with Crippen LogP contribution in [0.5, 0.6) is 0 Å². The third-order valence-corrected chi connectivity index (χ3v) is 2.88. The Labute approximate surface area is 84.3 Å². The molecule has 80 valence electrons. The van der Waals surface area contributed by atoms with Crippen molar-refractivity contribution in [3.63, 3.8) is 0 Å². The average Bonchev–Trinajstić information content (AvgIpc) is 2.86. The van der Waals surface area contributed by atoms with Gasteiger partial charge in [-0.3, -0.25) is 4.79 Å². The van der Waals surface area contributed by atoms with Crippen LogP contribution in [0.3, 0.4) is 0 Å². The molecule has 0 spiro atoms. The van der Waals surface area contributed by atoms with Crippen LogP contribution in [-0.2, 0) is 4.79 Å². The lowest BCUT2D eigenvalue weighted by Gasteiger charge is -2.19. The van der Waals surface area contributed by atoms with Gasteiger partial charge in [-0.15, -0.1) is 0 Å². The first-order valence-corrected chi connectivity index (χ1v) is 5.47. The van der Waals surface area contributed by atoms with Gasteiger partial charge < -0.3 is 15.3 Å². The van der Waals surface area contributed by atoms with Gasteiger partial charge in [-0.1, -0.05) is 0 Å². The molecule has 1 aliphatic heterocycles. The van der Waals surface area contributed by atoms with Crippen molar-refractivity contribution in [3.8, 4) is 0 Å². The molecule has 1 saturated carbocycles. The van der Waals surface area contributed by atoms with Gasteiger partial charge in [0.1, 0.15) is 6.10 Å². The highest BCUT2D eigenvalue weighted by Gasteiger charge is 2.27. The van der Waals surface area contributed by atoms with Crippen LogP contribution >= 0.6 is 0 Å². The molecule has 2 N–H and O–H groups in total. The summed E-state index contributed by atoms with van der Waals surface area (Å²) >= 11 is 0. The summed E-state index contributed by atoms with van der Waals surface area (Å²) in [7, 11) is 0. The van der Waals surface area contributed by atoms with E-state index in [1.807, 2.05) is 0 Å². The van der Waals surface area contributed by atoms with E-state index in [4.69, 9.17) is 0 Å². The molecule has 0 aromatic heterocycles. The number of aliphatic hydroxyl groups is 1. The van der Waals surface area contributed by atoms with Gasteiger partial charge in [0.25, 0.3) is 5.91 Å². The van der Waals surface area contributed by atoms with Crippen molar-refractivity contribution in [3.05, 3.63) is 0 Å². The Morgan fingerprint density at radius 2 is 2.07 bits per heavy atom. The molecule has 1 amide bonds. The van der Waals surface area contributed by atoms with Gasteiger partial charge in [0.05, 0.1) is 0 Å². The van der Waals surface area contributed by atoms with Gasteiger partial charge in [0.2, 0.25) is 0 Å². The third kappa shape index (κ3) is 2.45. The van der Waals surface area contributed by atoms with Crippen LogP contribution in [0.2, 0.25) is 0 Å². The van der Waals surface area contributed by atoms with Gasteiger partial charge in [-0.2, -0.15) is 0 Å². The van der Waals surface area contributed by atoms with Crippen LogP contribution in [-0.4, -0.2) is 47.7 Å². The maximum atomic E-state index is 11.6. The Bertz CT molecular complexity index is 210. The molecular formula is C10H18N2O2. The number of nitrogens with zero attached hydrogens (tertiary/aromatic N) is 1. The fraction of sp³-hybridized carbons (Fsp3) is 0.900. The van der Waals surface area contributed by atoms with E-state index in [-0.39, 0.29) is 5.91 Å². The molecule has 1 atom stereocenters. The fourth-order valence-electron chi connectivity index (χ4n) is 1.80. The predicted octanol–water partition coefficient (Wildman–Crippen LogP) is -0.278. The second-order valence-corrected chi connectivity index (χ2v) is 4.23. The molecular weight excluding hydrogens is 180 g/mol. The number of carbonyl (C=O) groups is 1. The van der Waals surface area contributed by atoms with E-state index in [2.05, 4.69) is 5.32 Å². The van der Waals surface area contributed by atoms with Crippen molar-refractivity contribution in [2.24, 2.45) is 0 Å². The summed E-state index contributed by atoms with van der Waals surface area (Å²) in [5, 5.41) is 12.8. The van der Waals surface area contributed by atoms with Gasteiger partial charge in [0, 0.05) is 25.7 Å². The summed E-state index contributed by atoms with van der Waals surface area (Å²) in [4.78, 5) is 13.4. The maximum absolute atomic E-state index is 11.6. The SMILES string of the molecule is O=C(C(O)CNC1CC1)N1CCCC1. The molecule has 1 heterocycles. The van der Waals surface area contributed by atoms with E-state index in [9.17, 15) is 9.90 Å². The number of amides is 1. The molecule has 1 saturated heterocycles. The van der Waals surface area contributed by atoms with Crippen LogP contribution in [0.4, 0.5) is 0 Å². The Morgan fingerprint density at radius 3 is 2.64 bits per heavy atom. The maximum Gasteiger partial charge on any atom is 0.252 e. The van der Waals surface area contributed by atoms with E-state index in [1.165, 1.54) is 12.8 Å². The number of rotatable bonds is 4. The minimum atomic E-state index is -0.839. The second kappa shape index (κ2) is 4.28. The summed E-state index contributed by atoms with van der Waals surface area (Å²) in [6, 6.07) is 0.552. The van der Waals surface area contributed by atoms with Crippen LogP contribution < -0.4 is 5.32 Å². The quantitative estimate of drug-likeness (QED) is 0.653. The summed E-state index contributed by atoms with van der Waals surface area (Å²) in [6.07, 6.45) is 3.69. The smallest absolute Gasteiger partial charge is 0.252 e. The fourth-order valence-corrected chi connectivity index (χ4v) is 1.80.